The van der Waals surface area contributed by atoms with E-state index in [1.165, 1.54) is 5.56 Å². The highest BCUT2D eigenvalue weighted by molar-refractivity contribution is 5.95. The van der Waals surface area contributed by atoms with Crippen LogP contribution in [0.15, 0.2) is 48.7 Å². The molecule has 0 unspecified atom stereocenters. The maximum atomic E-state index is 12.9. The molecule has 32 heavy (non-hydrogen) atoms. The summed E-state index contributed by atoms with van der Waals surface area (Å²) >= 11 is 0. The van der Waals surface area contributed by atoms with Crippen LogP contribution in [-0.2, 0) is 11.3 Å². The number of pyridine rings is 1. The van der Waals surface area contributed by atoms with E-state index in [1.54, 1.807) is 6.20 Å². The lowest BCUT2D eigenvalue weighted by Crippen LogP contribution is -2.48. The van der Waals surface area contributed by atoms with Gasteiger partial charge in [0.05, 0.1) is 5.56 Å². The summed E-state index contributed by atoms with van der Waals surface area (Å²) in [4.78, 5) is 36.4. The Bertz CT molecular complexity index is 909. The van der Waals surface area contributed by atoms with Crippen molar-refractivity contribution in [3.8, 4) is 0 Å². The predicted molar refractivity (Wildman–Crippen MR) is 125 cm³/mol. The van der Waals surface area contributed by atoms with Gasteiger partial charge in [0.2, 0.25) is 5.91 Å². The number of piperazine rings is 1. The predicted octanol–water partition coefficient (Wildman–Crippen LogP) is 3.37. The zero-order chi connectivity index (χ0) is 22.3. The molecule has 6 heteroatoms. The van der Waals surface area contributed by atoms with Gasteiger partial charge in [0.15, 0.2) is 0 Å². The molecule has 6 nitrogen and oxygen atoms in total. The number of aryl methyl sites for hydroxylation is 1. The van der Waals surface area contributed by atoms with Crippen LogP contribution in [0.4, 0.5) is 0 Å². The summed E-state index contributed by atoms with van der Waals surface area (Å²) in [5, 5.41) is 0. The fourth-order valence-electron chi connectivity index (χ4n) is 4.85. The molecule has 1 atom stereocenters. The van der Waals surface area contributed by atoms with E-state index < -0.39 is 0 Å². The normalized spacial score (nSPS) is 19.7. The molecule has 0 N–H and O–H groups in total. The summed E-state index contributed by atoms with van der Waals surface area (Å²) in [6.07, 6.45) is 5.25. The van der Waals surface area contributed by atoms with Crippen molar-refractivity contribution in [2.75, 3.05) is 39.3 Å². The number of likely N-dealkylation sites (tertiary alicyclic amines) is 1. The third-order valence-electron chi connectivity index (χ3n) is 6.78. The molecular formula is C26H34N4O2. The summed E-state index contributed by atoms with van der Waals surface area (Å²) in [7, 11) is 0. The number of piperidine rings is 1. The Morgan fingerprint density at radius 3 is 2.50 bits per heavy atom. The lowest BCUT2D eigenvalue weighted by molar-refractivity contribution is -0.133. The Hall–Kier alpha value is -2.73. The molecule has 0 spiro atoms. The molecule has 4 rings (SSSR count). The summed E-state index contributed by atoms with van der Waals surface area (Å²) in [6.45, 7) is 7.83. The first kappa shape index (κ1) is 22.5. The van der Waals surface area contributed by atoms with Gasteiger partial charge in [-0.2, -0.15) is 0 Å². The Kier molecular flexibility index (Phi) is 7.53. The first-order valence-corrected chi connectivity index (χ1v) is 11.8. The Morgan fingerprint density at radius 1 is 0.969 bits per heavy atom. The molecule has 2 fully saturated rings. The van der Waals surface area contributed by atoms with Crippen molar-refractivity contribution >= 4 is 11.8 Å². The summed E-state index contributed by atoms with van der Waals surface area (Å²) in [5.41, 5.74) is 2.80. The first-order valence-electron chi connectivity index (χ1n) is 11.8. The smallest absolute Gasteiger partial charge is 0.255 e. The van der Waals surface area contributed by atoms with E-state index in [1.807, 2.05) is 34.9 Å². The number of amides is 2. The molecular weight excluding hydrogens is 400 g/mol. The van der Waals surface area contributed by atoms with Crippen LogP contribution in [0.2, 0.25) is 0 Å². The van der Waals surface area contributed by atoms with Crippen molar-refractivity contribution in [2.45, 2.75) is 39.2 Å². The lowest BCUT2D eigenvalue weighted by atomic mass is 9.92. The Labute approximate surface area is 191 Å². The minimum Gasteiger partial charge on any atom is -0.340 e. The van der Waals surface area contributed by atoms with Crippen LogP contribution in [0.1, 0.15) is 47.3 Å². The molecule has 2 aliphatic rings. The van der Waals surface area contributed by atoms with E-state index >= 15 is 0 Å². The molecule has 2 aliphatic heterocycles. The number of rotatable bonds is 6. The van der Waals surface area contributed by atoms with Gasteiger partial charge in [-0.25, -0.2) is 0 Å². The second-order valence-electron chi connectivity index (χ2n) is 9.08. The van der Waals surface area contributed by atoms with E-state index in [2.05, 4.69) is 34.1 Å². The van der Waals surface area contributed by atoms with Crippen molar-refractivity contribution < 1.29 is 9.59 Å². The first-order chi connectivity index (χ1) is 15.6. The molecule has 170 valence electrons. The standard InChI is InChI=1S/C26H34N4O2/c1-21-24(10-5-13-27-21)26(32)30-14-6-9-23(20-30)11-12-25(31)29-17-15-28(16-18-29)19-22-7-3-2-4-8-22/h2-5,7-8,10,13,23H,6,9,11-12,14-20H2,1H3/t23-/m1/s1. The second kappa shape index (κ2) is 10.7. The van der Waals surface area contributed by atoms with E-state index in [9.17, 15) is 9.59 Å². The SMILES string of the molecule is Cc1ncccc1C(=O)N1CCC[C@H](CCC(=O)N2CCN(Cc3ccccc3)CC2)C1. The van der Waals surface area contributed by atoms with Crippen LogP contribution in [0.3, 0.4) is 0 Å². The summed E-state index contributed by atoms with van der Waals surface area (Å²) in [6, 6.07) is 14.2. The van der Waals surface area contributed by atoms with Gasteiger partial charge in [0, 0.05) is 64.1 Å². The highest BCUT2D eigenvalue weighted by Gasteiger charge is 2.27. The molecule has 0 bridgehead atoms. The minimum absolute atomic E-state index is 0.0705. The van der Waals surface area contributed by atoms with Crippen molar-refractivity contribution in [1.29, 1.82) is 0 Å². The van der Waals surface area contributed by atoms with Crippen LogP contribution < -0.4 is 0 Å². The zero-order valence-corrected chi connectivity index (χ0v) is 19.1. The van der Waals surface area contributed by atoms with Gasteiger partial charge in [-0.15, -0.1) is 0 Å². The number of carbonyl (C=O) groups is 2. The number of carbonyl (C=O) groups excluding carboxylic acids is 2. The molecule has 1 aromatic carbocycles. The third-order valence-corrected chi connectivity index (χ3v) is 6.78. The largest absolute Gasteiger partial charge is 0.340 e. The number of benzene rings is 1. The van der Waals surface area contributed by atoms with E-state index in [4.69, 9.17) is 0 Å². The molecule has 2 saturated heterocycles. The van der Waals surface area contributed by atoms with Crippen LogP contribution in [-0.4, -0.2) is 70.8 Å². The zero-order valence-electron chi connectivity index (χ0n) is 19.1. The fourth-order valence-corrected chi connectivity index (χ4v) is 4.85. The van der Waals surface area contributed by atoms with Crippen molar-refractivity contribution in [3.05, 3.63) is 65.5 Å². The van der Waals surface area contributed by atoms with E-state index in [0.717, 1.165) is 70.8 Å². The van der Waals surface area contributed by atoms with Crippen molar-refractivity contribution in [1.82, 2.24) is 19.7 Å². The van der Waals surface area contributed by atoms with Crippen LogP contribution in [0.25, 0.3) is 0 Å². The monoisotopic (exact) mass is 434 g/mol. The topological polar surface area (TPSA) is 56.8 Å². The molecule has 1 aromatic heterocycles. The molecule has 2 aromatic rings. The fraction of sp³-hybridized carbons (Fsp3) is 0.500. The quantitative estimate of drug-likeness (QED) is 0.700. The second-order valence-corrected chi connectivity index (χ2v) is 9.08. The van der Waals surface area contributed by atoms with Gasteiger partial charge in [-0.3, -0.25) is 19.5 Å². The van der Waals surface area contributed by atoms with Crippen LogP contribution >= 0.6 is 0 Å². The van der Waals surface area contributed by atoms with Crippen LogP contribution in [0, 0.1) is 12.8 Å². The average Bonchev–Trinajstić information content (AvgIpc) is 2.84. The Morgan fingerprint density at radius 2 is 1.75 bits per heavy atom. The van der Waals surface area contributed by atoms with E-state index in [0.29, 0.717) is 17.9 Å². The van der Waals surface area contributed by atoms with Gasteiger partial charge >= 0.3 is 0 Å². The van der Waals surface area contributed by atoms with Gasteiger partial charge < -0.3 is 9.80 Å². The highest BCUT2D eigenvalue weighted by Crippen LogP contribution is 2.23. The van der Waals surface area contributed by atoms with Gasteiger partial charge in [0.1, 0.15) is 0 Å². The van der Waals surface area contributed by atoms with Crippen molar-refractivity contribution in [3.63, 3.8) is 0 Å². The average molecular weight is 435 g/mol. The minimum atomic E-state index is 0.0705. The number of nitrogens with zero attached hydrogens (tertiary/aromatic N) is 4. The van der Waals surface area contributed by atoms with Crippen molar-refractivity contribution in [2.24, 2.45) is 5.92 Å². The highest BCUT2D eigenvalue weighted by atomic mass is 16.2. The maximum Gasteiger partial charge on any atom is 0.255 e. The summed E-state index contributed by atoms with van der Waals surface area (Å²) in [5.74, 6) is 0.727. The molecule has 0 radical (unpaired) electrons. The number of aromatic nitrogens is 1. The molecule has 0 saturated carbocycles. The van der Waals surface area contributed by atoms with Gasteiger partial charge in [0.25, 0.3) is 5.91 Å². The van der Waals surface area contributed by atoms with Crippen LogP contribution in [0.5, 0.6) is 0 Å². The molecule has 3 heterocycles. The maximum absolute atomic E-state index is 12.9. The van der Waals surface area contributed by atoms with Gasteiger partial charge in [-0.05, 0) is 49.8 Å². The molecule has 0 aliphatic carbocycles. The van der Waals surface area contributed by atoms with E-state index in [-0.39, 0.29) is 11.8 Å². The molecule has 2 amide bonds. The van der Waals surface area contributed by atoms with Gasteiger partial charge in [-0.1, -0.05) is 30.3 Å². The lowest BCUT2D eigenvalue weighted by Gasteiger charge is -2.36. The third kappa shape index (κ3) is 5.74. The summed E-state index contributed by atoms with van der Waals surface area (Å²) < 4.78 is 0. The Balaban J connectivity index is 1.21. The number of hydrogen-bond donors (Lipinski definition) is 0. The number of hydrogen-bond acceptors (Lipinski definition) is 4.